The molecule has 0 aliphatic carbocycles. The van der Waals surface area contributed by atoms with E-state index < -0.39 is 5.97 Å². The fourth-order valence-electron chi connectivity index (χ4n) is 2.67. The third-order valence-electron chi connectivity index (χ3n) is 4.07. The first-order valence-corrected chi connectivity index (χ1v) is 9.06. The molecule has 0 fully saturated rings. The minimum absolute atomic E-state index is 0.227. The van der Waals surface area contributed by atoms with Crippen molar-refractivity contribution in [2.24, 2.45) is 0 Å². The molecular weight excluding hydrogens is 264 g/mol. The van der Waals surface area contributed by atoms with E-state index in [0.717, 1.165) is 25.7 Å². The fourth-order valence-corrected chi connectivity index (χ4v) is 2.67. The van der Waals surface area contributed by atoms with E-state index in [2.05, 4.69) is 6.92 Å². The molecule has 126 valence electrons. The van der Waals surface area contributed by atoms with E-state index in [4.69, 9.17) is 5.11 Å². The molecule has 0 aliphatic rings. The second-order valence-electron chi connectivity index (χ2n) is 6.26. The molecule has 0 aromatic rings. The second-order valence-corrected chi connectivity index (χ2v) is 6.26. The van der Waals surface area contributed by atoms with Crippen molar-refractivity contribution in [1.29, 1.82) is 0 Å². The minimum atomic E-state index is -0.737. The van der Waals surface area contributed by atoms with E-state index in [0.29, 0.717) is 6.42 Å². The standard InChI is InChI=1S/C18H36O3/c1-2-3-4-5-6-7-8-9-10-11-14-17(19)15-12-13-16-18(20)21/h17,19H,2-16H2,1H3,(H,20,21)/t17-/m1/s1. The topological polar surface area (TPSA) is 57.5 Å². The van der Waals surface area contributed by atoms with Crippen molar-refractivity contribution in [3.63, 3.8) is 0 Å². The van der Waals surface area contributed by atoms with Gasteiger partial charge in [-0.05, 0) is 19.3 Å². The van der Waals surface area contributed by atoms with Crippen LogP contribution in [0.1, 0.15) is 103 Å². The zero-order valence-corrected chi connectivity index (χ0v) is 14.0. The Morgan fingerprint density at radius 2 is 1.19 bits per heavy atom. The quantitative estimate of drug-likeness (QED) is 0.380. The summed E-state index contributed by atoms with van der Waals surface area (Å²) in [5, 5.41) is 18.3. The lowest BCUT2D eigenvalue weighted by Crippen LogP contribution is -2.06. The third kappa shape index (κ3) is 17.4. The smallest absolute Gasteiger partial charge is 0.303 e. The number of unbranched alkanes of at least 4 members (excludes halogenated alkanes) is 10. The molecule has 0 aliphatic heterocycles. The van der Waals surface area contributed by atoms with Crippen LogP contribution < -0.4 is 0 Å². The molecule has 1 atom stereocenters. The van der Waals surface area contributed by atoms with Gasteiger partial charge in [-0.3, -0.25) is 4.79 Å². The van der Waals surface area contributed by atoms with E-state index in [1.54, 1.807) is 0 Å². The highest BCUT2D eigenvalue weighted by Gasteiger charge is 2.04. The monoisotopic (exact) mass is 300 g/mol. The Bertz CT molecular complexity index is 229. The van der Waals surface area contributed by atoms with Gasteiger partial charge in [0.2, 0.25) is 0 Å². The van der Waals surface area contributed by atoms with Gasteiger partial charge in [-0.15, -0.1) is 0 Å². The van der Waals surface area contributed by atoms with Crippen LogP contribution in [-0.4, -0.2) is 22.3 Å². The van der Waals surface area contributed by atoms with E-state index in [-0.39, 0.29) is 12.5 Å². The normalized spacial score (nSPS) is 12.5. The van der Waals surface area contributed by atoms with Gasteiger partial charge >= 0.3 is 5.97 Å². The van der Waals surface area contributed by atoms with Gasteiger partial charge in [-0.25, -0.2) is 0 Å². The molecule has 0 saturated carbocycles. The minimum Gasteiger partial charge on any atom is -0.481 e. The summed E-state index contributed by atoms with van der Waals surface area (Å²) in [6.45, 7) is 2.25. The van der Waals surface area contributed by atoms with E-state index in [1.165, 1.54) is 57.8 Å². The fraction of sp³-hybridized carbons (Fsp3) is 0.944. The van der Waals surface area contributed by atoms with E-state index in [9.17, 15) is 9.90 Å². The van der Waals surface area contributed by atoms with E-state index >= 15 is 0 Å². The first kappa shape index (κ1) is 20.4. The molecule has 0 rings (SSSR count). The van der Waals surface area contributed by atoms with E-state index in [1.807, 2.05) is 0 Å². The van der Waals surface area contributed by atoms with Gasteiger partial charge in [-0.2, -0.15) is 0 Å². The van der Waals surface area contributed by atoms with Gasteiger partial charge in [0.1, 0.15) is 0 Å². The maximum atomic E-state index is 10.4. The summed E-state index contributed by atoms with van der Waals surface area (Å²) in [7, 11) is 0. The zero-order chi connectivity index (χ0) is 15.8. The highest BCUT2D eigenvalue weighted by molar-refractivity contribution is 5.66. The van der Waals surface area contributed by atoms with Crippen LogP contribution in [0.25, 0.3) is 0 Å². The Morgan fingerprint density at radius 3 is 1.67 bits per heavy atom. The Hall–Kier alpha value is -0.570. The summed E-state index contributed by atoms with van der Waals surface area (Å²) in [4.78, 5) is 10.4. The largest absolute Gasteiger partial charge is 0.481 e. The summed E-state index contributed by atoms with van der Waals surface area (Å²) in [6, 6.07) is 0. The second kappa shape index (κ2) is 15.8. The van der Waals surface area contributed by atoms with Gasteiger partial charge in [0, 0.05) is 6.42 Å². The molecule has 0 amide bonds. The molecule has 0 unspecified atom stereocenters. The SMILES string of the molecule is CCCCCCCCCCCC[C@@H](O)CCCCC(=O)O. The van der Waals surface area contributed by atoms with Crippen LogP contribution in [0.2, 0.25) is 0 Å². The van der Waals surface area contributed by atoms with Crippen molar-refractivity contribution in [1.82, 2.24) is 0 Å². The van der Waals surface area contributed by atoms with Gasteiger partial charge in [0.05, 0.1) is 6.10 Å². The predicted molar refractivity (Wildman–Crippen MR) is 88.6 cm³/mol. The van der Waals surface area contributed by atoms with Crippen molar-refractivity contribution >= 4 is 5.97 Å². The molecule has 21 heavy (non-hydrogen) atoms. The maximum absolute atomic E-state index is 10.4. The summed E-state index contributed by atoms with van der Waals surface area (Å²) in [5.41, 5.74) is 0. The molecular formula is C18H36O3. The molecule has 3 heteroatoms. The van der Waals surface area contributed by atoms with Crippen molar-refractivity contribution in [3.05, 3.63) is 0 Å². The summed E-state index contributed by atoms with van der Waals surface area (Å²) < 4.78 is 0. The van der Waals surface area contributed by atoms with Crippen LogP contribution in [0.15, 0.2) is 0 Å². The highest BCUT2D eigenvalue weighted by Crippen LogP contribution is 2.14. The number of hydrogen-bond acceptors (Lipinski definition) is 2. The van der Waals surface area contributed by atoms with Crippen molar-refractivity contribution in [2.75, 3.05) is 0 Å². The van der Waals surface area contributed by atoms with Crippen LogP contribution >= 0.6 is 0 Å². The molecule has 0 aromatic heterocycles. The Balaban J connectivity index is 3.14. The predicted octanol–water partition coefficient (Wildman–Crippen LogP) is 5.30. The van der Waals surface area contributed by atoms with Crippen LogP contribution in [0, 0.1) is 0 Å². The van der Waals surface area contributed by atoms with Crippen LogP contribution in [-0.2, 0) is 4.79 Å². The number of aliphatic carboxylic acids is 1. The third-order valence-corrected chi connectivity index (χ3v) is 4.07. The molecule has 3 nitrogen and oxygen atoms in total. The number of hydrogen-bond donors (Lipinski definition) is 2. The summed E-state index contributed by atoms with van der Waals surface area (Å²) in [5.74, 6) is -0.737. The molecule has 0 spiro atoms. The first-order chi connectivity index (χ1) is 10.2. The van der Waals surface area contributed by atoms with Crippen molar-refractivity contribution < 1.29 is 15.0 Å². The maximum Gasteiger partial charge on any atom is 0.303 e. The average molecular weight is 300 g/mol. The van der Waals surface area contributed by atoms with Crippen LogP contribution in [0.5, 0.6) is 0 Å². The number of carbonyl (C=O) groups is 1. The number of aliphatic hydroxyl groups excluding tert-OH is 1. The molecule has 0 saturated heterocycles. The number of aliphatic hydroxyl groups is 1. The highest BCUT2D eigenvalue weighted by atomic mass is 16.4. The summed E-state index contributed by atoms with van der Waals surface area (Å²) in [6.07, 6.45) is 16.3. The van der Waals surface area contributed by atoms with Gasteiger partial charge < -0.3 is 10.2 Å². The Kier molecular flexibility index (Phi) is 15.4. The molecule has 0 heterocycles. The molecule has 0 aromatic carbocycles. The van der Waals surface area contributed by atoms with Crippen LogP contribution in [0.3, 0.4) is 0 Å². The van der Waals surface area contributed by atoms with Gasteiger partial charge in [0.25, 0.3) is 0 Å². The number of carboxylic acids is 1. The Morgan fingerprint density at radius 1 is 0.762 bits per heavy atom. The average Bonchev–Trinajstić information content (AvgIpc) is 2.45. The van der Waals surface area contributed by atoms with Gasteiger partial charge in [0.15, 0.2) is 0 Å². The lowest BCUT2D eigenvalue weighted by atomic mass is 10.0. The zero-order valence-electron chi connectivity index (χ0n) is 14.0. The van der Waals surface area contributed by atoms with Gasteiger partial charge in [-0.1, -0.05) is 77.6 Å². The summed E-state index contributed by atoms with van der Waals surface area (Å²) >= 11 is 0. The number of carboxylic acid groups (broad SMARTS) is 1. The van der Waals surface area contributed by atoms with Crippen LogP contribution in [0.4, 0.5) is 0 Å². The molecule has 0 radical (unpaired) electrons. The number of rotatable bonds is 16. The lowest BCUT2D eigenvalue weighted by molar-refractivity contribution is -0.137. The molecule has 0 bridgehead atoms. The van der Waals surface area contributed by atoms with Crippen molar-refractivity contribution in [2.45, 2.75) is 109 Å². The Labute approximate surface area is 131 Å². The first-order valence-electron chi connectivity index (χ1n) is 9.06. The lowest BCUT2D eigenvalue weighted by Gasteiger charge is -2.09. The van der Waals surface area contributed by atoms with Crippen molar-refractivity contribution in [3.8, 4) is 0 Å². The molecule has 2 N–H and O–H groups in total.